The third-order valence-corrected chi connectivity index (χ3v) is 2.47. The first kappa shape index (κ1) is 15.1. The summed E-state index contributed by atoms with van der Waals surface area (Å²) in [6.45, 7) is 2.04. The normalized spacial score (nSPS) is 10.3. The maximum Gasteiger partial charge on any atom is 0.313 e. The highest BCUT2D eigenvalue weighted by Crippen LogP contribution is 2.08. The lowest BCUT2D eigenvalue weighted by Crippen LogP contribution is -2.40. The zero-order chi connectivity index (χ0) is 14.3. The van der Waals surface area contributed by atoms with Crippen LogP contribution in [0.5, 0.6) is 0 Å². The Balaban J connectivity index is 2.44. The minimum Gasteiger partial charge on any atom is -0.354 e. The van der Waals surface area contributed by atoms with Crippen molar-refractivity contribution in [1.82, 2.24) is 5.32 Å². The van der Waals surface area contributed by atoms with Gasteiger partial charge in [-0.3, -0.25) is 9.59 Å². The quantitative estimate of drug-likeness (QED) is 0.606. The van der Waals surface area contributed by atoms with E-state index < -0.39 is 18.1 Å². The predicted octanol–water partition coefficient (Wildman–Crippen LogP) is 0.669. The molecular weight excluding hydrogens is 248 g/mol. The van der Waals surface area contributed by atoms with Crippen LogP contribution in [0.25, 0.3) is 0 Å². The summed E-state index contributed by atoms with van der Waals surface area (Å²) in [6, 6.07) is 7.15. The molecule has 19 heavy (non-hydrogen) atoms. The van der Waals surface area contributed by atoms with Crippen molar-refractivity contribution in [2.45, 2.75) is 13.2 Å². The van der Waals surface area contributed by atoms with Crippen LogP contribution in [-0.4, -0.2) is 38.9 Å². The fourth-order valence-corrected chi connectivity index (χ4v) is 1.34. The molecule has 0 unspecified atom stereocenters. The number of carbonyl (C=O) groups is 2. The molecule has 0 heterocycles. The van der Waals surface area contributed by atoms with Crippen molar-refractivity contribution in [3.63, 3.8) is 0 Å². The molecular formula is C13H18N2O4. The summed E-state index contributed by atoms with van der Waals surface area (Å²) in [4.78, 5) is 23.1. The van der Waals surface area contributed by atoms with Crippen LogP contribution < -0.4 is 10.6 Å². The van der Waals surface area contributed by atoms with Crippen molar-refractivity contribution in [3.05, 3.63) is 29.8 Å². The van der Waals surface area contributed by atoms with E-state index in [0.717, 1.165) is 5.56 Å². The van der Waals surface area contributed by atoms with Gasteiger partial charge in [-0.2, -0.15) is 0 Å². The summed E-state index contributed by atoms with van der Waals surface area (Å²) in [7, 11) is 2.90. The molecule has 0 aliphatic carbocycles. The van der Waals surface area contributed by atoms with Crippen LogP contribution in [-0.2, 0) is 19.1 Å². The maximum atomic E-state index is 11.6. The molecule has 0 saturated heterocycles. The monoisotopic (exact) mass is 266 g/mol. The van der Waals surface area contributed by atoms with E-state index in [-0.39, 0.29) is 6.54 Å². The number of amides is 2. The lowest BCUT2D eigenvalue weighted by atomic mass is 10.2. The predicted molar refractivity (Wildman–Crippen MR) is 70.6 cm³/mol. The molecule has 1 rings (SSSR count). The molecule has 6 heteroatoms. The van der Waals surface area contributed by atoms with Crippen LogP contribution in [0.2, 0.25) is 0 Å². The number of nitrogens with one attached hydrogen (secondary N) is 2. The molecule has 1 aromatic rings. The third-order valence-electron chi connectivity index (χ3n) is 2.47. The lowest BCUT2D eigenvalue weighted by molar-refractivity contribution is -0.139. The Morgan fingerprint density at radius 2 is 1.68 bits per heavy atom. The van der Waals surface area contributed by atoms with E-state index in [1.54, 1.807) is 12.1 Å². The zero-order valence-corrected chi connectivity index (χ0v) is 11.2. The molecule has 104 valence electrons. The van der Waals surface area contributed by atoms with E-state index in [0.29, 0.717) is 5.69 Å². The number of benzene rings is 1. The minimum absolute atomic E-state index is 0.104. The van der Waals surface area contributed by atoms with Crippen molar-refractivity contribution in [3.8, 4) is 0 Å². The van der Waals surface area contributed by atoms with E-state index >= 15 is 0 Å². The van der Waals surface area contributed by atoms with Gasteiger partial charge in [0.15, 0.2) is 6.29 Å². The van der Waals surface area contributed by atoms with E-state index in [1.165, 1.54) is 14.2 Å². The molecule has 0 aliphatic heterocycles. The second kappa shape index (κ2) is 7.50. The van der Waals surface area contributed by atoms with Crippen molar-refractivity contribution >= 4 is 17.5 Å². The molecule has 0 radical (unpaired) electrons. The van der Waals surface area contributed by atoms with Crippen LogP contribution in [0.1, 0.15) is 5.56 Å². The van der Waals surface area contributed by atoms with Gasteiger partial charge in [0, 0.05) is 19.9 Å². The summed E-state index contributed by atoms with van der Waals surface area (Å²) in [5.41, 5.74) is 1.64. The van der Waals surface area contributed by atoms with Crippen LogP contribution in [0, 0.1) is 6.92 Å². The largest absolute Gasteiger partial charge is 0.354 e. The number of hydrogen-bond donors (Lipinski definition) is 2. The van der Waals surface area contributed by atoms with Gasteiger partial charge < -0.3 is 20.1 Å². The topological polar surface area (TPSA) is 76.7 Å². The smallest absolute Gasteiger partial charge is 0.313 e. The number of ether oxygens (including phenoxy) is 2. The maximum absolute atomic E-state index is 11.6. The van der Waals surface area contributed by atoms with E-state index in [4.69, 9.17) is 9.47 Å². The summed E-state index contributed by atoms with van der Waals surface area (Å²) in [5, 5.41) is 4.91. The molecule has 0 aliphatic rings. The Kier molecular flexibility index (Phi) is 5.98. The average Bonchev–Trinajstić information content (AvgIpc) is 2.42. The van der Waals surface area contributed by atoms with Gasteiger partial charge in [-0.1, -0.05) is 17.7 Å². The Morgan fingerprint density at radius 1 is 1.11 bits per heavy atom. The van der Waals surface area contributed by atoms with E-state index in [2.05, 4.69) is 10.6 Å². The Bertz CT molecular complexity index is 427. The molecule has 0 spiro atoms. The highest BCUT2D eigenvalue weighted by molar-refractivity contribution is 6.39. The number of carbonyl (C=O) groups excluding carboxylic acids is 2. The zero-order valence-electron chi connectivity index (χ0n) is 11.2. The van der Waals surface area contributed by atoms with Gasteiger partial charge in [-0.15, -0.1) is 0 Å². The lowest BCUT2D eigenvalue weighted by Gasteiger charge is -2.13. The second-order valence-electron chi connectivity index (χ2n) is 3.93. The van der Waals surface area contributed by atoms with Crippen LogP contribution in [0.15, 0.2) is 24.3 Å². The van der Waals surface area contributed by atoms with Gasteiger partial charge in [0.25, 0.3) is 0 Å². The summed E-state index contributed by atoms with van der Waals surface area (Å²) >= 11 is 0. The molecule has 0 atom stereocenters. The SMILES string of the molecule is COC(CNC(=O)C(=O)Nc1ccc(C)cc1)OC. The molecule has 0 aromatic heterocycles. The number of hydrogen-bond acceptors (Lipinski definition) is 4. The molecule has 0 fully saturated rings. The first-order chi connectivity index (χ1) is 9.06. The molecule has 0 saturated carbocycles. The van der Waals surface area contributed by atoms with Gasteiger partial charge in [-0.05, 0) is 19.1 Å². The van der Waals surface area contributed by atoms with E-state index in [1.807, 2.05) is 19.1 Å². The average molecular weight is 266 g/mol. The standard InChI is InChI=1S/C13H18N2O4/c1-9-4-6-10(7-5-9)15-13(17)12(16)14-8-11(18-2)19-3/h4-7,11H,8H2,1-3H3,(H,14,16)(H,15,17). The first-order valence-electron chi connectivity index (χ1n) is 5.78. The summed E-state index contributed by atoms with van der Waals surface area (Å²) in [6.07, 6.45) is -0.573. The van der Waals surface area contributed by atoms with Crippen molar-refractivity contribution in [1.29, 1.82) is 0 Å². The fraction of sp³-hybridized carbons (Fsp3) is 0.385. The molecule has 0 bridgehead atoms. The highest BCUT2D eigenvalue weighted by atomic mass is 16.7. The number of rotatable bonds is 5. The fourth-order valence-electron chi connectivity index (χ4n) is 1.34. The Hall–Kier alpha value is -1.92. The summed E-state index contributed by atoms with van der Waals surface area (Å²) < 4.78 is 9.78. The van der Waals surface area contributed by atoms with Gasteiger partial charge in [-0.25, -0.2) is 0 Å². The van der Waals surface area contributed by atoms with Crippen LogP contribution >= 0.6 is 0 Å². The van der Waals surface area contributed by atoms with Gasteiger partial charge in [0.1, 0.15) is 0 Å². The van der Waals surface area contributed by atoms with Crippen molar-refractivity contribution in [2.75, 3.05) is 26.1 Å². The van der Waals surface area contributed by atoms with Crippen LogP contribution in [0.3, 0.4) is 0 Å². The molecule has 1 aromatic carbocycles. The Morgan fingerprint density at radius 3 is 2.21 bits per heavy atom. The van der Waals surface area contributed by atoms with Crippen LogP contribution in [0.4, 0.5) is 5.69 Å². The second-order valence-corrected chi connectivity index (χ2v) is 3.93. The molecule has 6 nitrogen and oxygen atoms in total. The van der Waals surface area contributed by atoms with E-state index in [9.17, 15) is 9.59 Å². The number of methoxy groups -OCH3 is 2. The van der Waals surface area contributed by atoms with Crippen molar-refractivity contribution < 1.29 is 19.1 Å². The third kappa shape index (κ3) is 5.07. The van der Waals surface area contributed by atoms with Gasteiger partial charge in [0.05, 0.1) is 6.54 Å². The van der Waals surface area contributed by atoms with Gasteiger partial charge >= 0.3 is 11.8 Å². The number of aryl methyl sites for hydroxylation is 1. The number of anilines is 1. The summed E-state index contributed by atoms with van der Waals surface area (Å²) in [5.74, 6) is -1.46. The minimum atomic E-state index is -0.736. The van der Waals surface area contributed by atoms with Gasteiger partial charge in [0.2, 0.25) is 0 Å². The van der Waals surface area contributed by atoms with Crippen molar-refractivity contribution in [2.24, 2.45) is 0 Å². The first-order valence-corrected chi connectivity index (χ1v) is 5.78. The molecule has 2 N–H and O–H groups in total. The molecule has 2 amide bonds. The highest BCUT2D eigenvalue weighted by Gasteiger charge is 2.15. The Labute approximate surface area is 112 Å².